The van der Waals surface area contributed by atoms with Crippen LogP contribution in [0.1, 0.15) is 26.9 Å². The Bertz CT molecular complexity index is 1030. The summed E-state index contributed by atoms with van der Waals surface area (Å²) in [6.45, 7) is 1.73. The first-order chi connectivity index (χ1) is 14.0. The third-order valence-electron chi connectivity index (χ3n) is 4.61. The van der Waals surface area contributed by atoms with E-state index >= 15 is 0 Å². The average molecular weight is 399 g/mol. The van der Waals surface area contributed by atoms with E-state index in [0.717, 1.165) is 6.20 Å². The van der Waals surface area contributed by atoms with Gasteiger partial charge in [-0.05, 0) is 24.3 Å². The van der Waals surface area contributed by atoms with Gasteiger partial charge in [-0.1, -0.05) is 0 Å². The number of hydrogen-bond donors (Lipinski definition) is 0. The highest BCUT2D eigenvalue weighted by Crippen LogP contribution is 2.16. The standard InChI is InChI=1S/C18H17N5O6/c24-17(15-2-1-9-28-15)20-5-7-21(8-6-20)18(25)16-4-3-14(29-16)12-22-11-13(10-19-22)23(26)27/h1-4,9-11H,5-8,12H2. The van der Waals surface area contributed by atoms with Crippen molar-refractivity contribution in [1.82, 2.24) is 19.6 Å². The molecule has 0 N–H and O–H groups in total. The van der Waals surface area contributed by atoms with Gasteiger partial charge in [0, 0.05) is 26.2 Å². The molecule has 0 atom stereocenters. The van der Waals surface area contributed by atoms with E-state index in [9.17, 15) is 19.7 Å². The molecule has 0 bridgehead atoms. The van der Waals surface area contributed by atoms with Gasteiger partial charge in [0.15, 0.2) is 11.5 Å². The molecule has 4 rings (SSSR count). The molecule has 1 fully saturated rings. The van der Waals surface area contributed by atoms with Gasteiger partial charge in [0.1, 0.15) is 18.2 Å². The Hall–Kier alpha value is -3.89. The van der Waals surface area contributed by atoms with Crippen LogP contribution in [0.25, 0.3) is 0 Å². The molecule has 3 aromatic heterocycles. The van der Waals surface area contributed by atoms with Crippen LogP contribution in [0.2, 0.25) is 0 Å². The largest absolute Gasteiger partial charge is 0.459 e. The predicted molar refractivity (Wildman–Crippen MR) is 97.2 cm³/mol. The van der Waals surface area contributed by atoms with Crippen LogP contribution < -0.4 is 0 Å². The van der Waals surface area contributed by atoms with Crippen molar-refractivity contribution in [2.45, 2.75) is 6.54 Å². The maximum absolute atomic E-state index is 12.7. The van der Waals surface area contributed by atoms with Crippen LogP contribution in [0.15, 0.2) is 51.8 Å². The van der Waals surface area contributed by atoms with Gasteiger partial charge < -0.3 is 18.6 Å². The van der Waals surface area contributed by atoms with Gasteiger partial charge in [0.2, 0.25) is 0 Å². The lowest BCUT2D eigenvalue weighted by molar-refractivity contribution is -0.385. The molecular weight excluding hydrogens is 382 g/mol. The Kier molecular flexibility index (Phi) is 4.85. The van der Waals surface area contributed by atoms with E-state index in [1.165, 1.54) is 17.1 Å². The molecule has 0 aromatic carbocycles. The van der Waals surface area contributed by atoms with Crippen LogP contribution >= 0.6 is 0 Å². The third kappa shape index (κ3) is 3.88. The van der Waals surface area contributed by atoms with Gasteiger partial charge in [-0.15, -0.1) is 0 Å². The Morgan fingerprint density at radius 2 is 1.76 bits per heavy atom. The zero-order valence-electron chi connectivity index (χ0n) is 15.3. The fraction of sp³-hybridized carbons (Fsp3) is 0.278. The Morgan fingerprint density at radius 1 is 1.07 bits per heavy atom. The first-order valence-corrected chi connectivity index (χ1v) is 8.89. The van der Waals surface area contributed by atoms with Crippen LogP contribution in [0.4, 0.5) is 5.69 Å². The van der Waals surface area contributed by atoms with Crippen LogP contribution in [-0.2, 0) is 6.54 Å². The van der Waals surface area contributed by atoms with E-state index < -0.39 is 4.92 Å². The SMILES string of the molecule is O=C(c1ccco1)N1CCN(C(=O)c2ccc(Cn3cc([N+](=O)[O-])cn3)o2)CC1. The van der Waals surface area contributed by atoms with Crippen molar-refractivity contribution in [1.29, 1.82) is 0 Å². The molecule has 150 valence electrons. The summed E-state index contributed by atoms with van der Waals surface area (Å²) in [5.74, 6) is 0.438. The first kappa shape index (κ1) is 18.5. The second-order valence-electron chi connectivity index (χ2n) is 6.48. The van der Waals surface area contributed by atoms with Crippen LogP contribution in [0, 0.1) is 10.1 Å². The molecule has 0 aliphatic carbocycles. The van der Waals surface area contributed by atoms with Crippen LogP contribution in [0.5, 0.6) is 0 Å². The summed E-state index contributed by atoms with van der Waals surface area (Å²) in [7, 11) is 0. The quantitative estimate of drug-likeness (QED) is 0.471. The number of nitro groups is 1. The Balaban J connectivity index is 1.34. The maximum atomic E-state index is 12.7. The maximum Gasteiger partial charge on any atom is 0.307 e. The molecule has 29 heavy (non-hydrogen) atoms. The summed E-state index contributed by atoms with van der Waals surface area (Å²) in [5.41, 5.74) is -0.116. The molecule has 2 amide bonds. The lowest BCUT2D eigenvalue weighted by atomic mass is 10.2. The molecule has 1 aliphatic heterocycles. The second-order valence-corrected chi connectivity index (χ2v) is 6.48. The highest BCUT2D eigenvalue weighted by Gasteiger charge is 2.28. The number of carbonyl (C=O) groups excluding carboxylic acids is 2. The van der Waals surface area contributed by atoms with Crippen LogP contribution in [-0.4, -0.2) is 62.5 Å². The summed E-state index contributed by atoms with van der Waals surface area (Å²) in [5, 5.41) is 14.6. The minimum atomic E-state index is -0.531. The predicted octanol–water partition coefficient (Wildman–Crippen LogP) is 1.62. The van der Waals surface area contributed by atoms with E-state index in [2.05, 4.69) is 5.10 Å². The van der Waals surface area contributed by atoms with E-state index in [1.54, 1.807) is 34.1 Å². The van der Waals surface area contributed by atoms with Crippen molar-refractivity contribution in [2.75, 3.05) is 26.2 Å². The highest BCUT2D eigenvalue weighted by atomic mass is 16.6. The van der Waals surface area contributed by atoms with E-state index in [1.807, 2.05) is 0 Å². The van der Waals surface area contributed by atoms with Crippen molar-refractivity contribution in [3.05, 3.63) is 70.3 Å². The lowest BCUT2D eigenvalue weighted by Gasteiger charge is -2.33. The van der Waals surface area contributed by atoms with Crippen LogP contribution in [0.3, 0.4) is 0 Å². The van der Waals surface area contributed by atoms with Gasteiger partial charge >= 0.3 is 5.69 Å². The number of amides is 2. The first-order valence-electron chi connectivity index (χ1n) is 8.89. The number of nitrogens with zero attached hydrogens (tertiary/aromatic N) is 5. The third-order valence-corrected chi connectivity index (χ3v) is 4.61. The minimum Gasteiger partial charge on any atom is -0.459 e. The molecule has 3 aromatic rings. The van der Waals surface area contributed by atoms with Gasteiger partial charge in [0.05, 0.1) is 17.7 Å². The molecule has 0 spiro atoms. The van der Waals surface area contributed by atoms with E-state index in [0.29, 0.717) is 31.9 Å². The summed E-state index contributed by atoms with van der Waals surface area (Å²) in [6.07, 6.45) is 3.89. The Morgan fingerprint density at radius 3 is 2.34 bits per heavy atom. The van der Waals surface area contributed by atoms with Gasteiger partial charge in [-0.3, -0.25) is 24.4 Å². The smallest absolute Gasteiger partial charge is 0.307 e. The molecule has 0 radical (unpaired) electrons. The molecule has 1 saturated heterocycles. The van der Waals surface area contributed by atoms with E-state index in [-0.39, 0.29) is 35.6 Å². The number of aromatic nitrogens is 2. The zero-order valence-corrected chi connectivity index (χ0v) is 15.3. The molecule has 1 aliphatic rings. The van der Waals surface area contributed by atoms with Gasteiger partial charge in [-0.25, -0.2) is 0 Å². The summed E-state index contributed by atoms with van der Waals surface area (Å²) < 4.78 is 12.1. The normalized spacial score (nSPS) is 14.2. The van der Waals surface area contributed by atoms with E-state index in [4.69, 9.17) is 8.83 Å². The summed E-state index contributed by atoms with van der Waals surface area (Å²) >= 11 is 0. The van der Waals surface area contributed by atoms with Crippen molar-refractivity contribution in [3.63, 3.8) is 0 Å². The average Bonchev–Trinajstić information content (AvgIpc) is 3.49. The molecule has 0 unspecified atom stereocenters. The van der Waals surface area contributed by atoms with Gasteiger partial charge in [0.25, 0.3) is 11.8 Å². The lowest BCUT2D eigenvalue weighted by Crippen LogP contribution is -2.50. The monoisotopic (exact) mass is 399 g/mol. The number of furan rings is 2. The van der Waals surface area contributed by atoms with Gasteiger partial charge in [-0.2, -0.15) is 5.10 Å². The number of rotatable bonds is 5. The van der Waals surface area contributed by atoms with Crippen molar-refractivity contribution >= 4 is 17.5 Å². The molecule has 11 heteroatoms. The van der Waals surface area contributed by atoms with Crippen molar-refractivity contribution in [2.24, 2.45) is 0 Å². The summed E-state index contributed by atoms with van der Waals surface area (Å²) in [6, 6.07) is 6.47. The molecule has 4 heterocycles. The number of piperazine rings is 1. The molecule has 0 saturated carbocycles. The fourth-order valence-corrected chi connectivity index (χ4v) is 3.10. The number of carbonyl (C=O) groups is 2. The van der Waals surface area contributed by atoms with Crippen molar-refractivity contribution in [3.8, 4) is 0 Å². The zero-order chi connectivity index (χ0) is 20.4. The fourth-order valence-electron chi connectivity index (χ4n) is 3.10. The summed E-state index contributed by atoms with van der Waals surface area (Å²) in [4.78, 5) is 38.4. The molecular formula is C18H17N5O6. The Labute approximate surface area is 164 Å². The highest BCUT2D eigenvalue weighted by molar-refractivity contribution is 5.93. The minimum absolute atomic E-state index is 0.116. The van der Waals surface area contributed by atoms with Crippen molar-refractivity contribution < 1.29 is 23.3 Å². The number of hydrogen-bond acceptors (Lipinski definition) is 7. The second kappa shape index (κ2) is 7.62. The topological polar surface area (TPSA) is 128 Å². The molecule has 11 nitrogen and oxygen atoms in total.